The highest BCUT2D eigenvalue weighted by Crippen LogP contribution is 2.30. The van der Waals surface area contributed by atoms with Crippen LogP contribution in [0.3, 0.4) is 0 Å². The molecular weight excluding hydrogens is 432 g/mol. The fourth-order valence-electron chi connectivity index (χ4n) is 3.51. The number of aryl methyl sites for hydroxylation is 4. The summed E-state index contributed by atoms with van der Waals surface area (Å²) in [6.07, 6.45) is 0. The summed E-state index contributed by atoms with van der Waals surface area (Å²) in [5, 5.41) is 8.88. The molecule has 0 aliphatic carbocycles. The zero-order valence-corrected chi connectivity index (χ0v) is 24.1. The van der Waals surface area contributed by atoms with E-state index in [1.807, 2.05) is 30.0 Å². The van der Waals surface area contributed by atoms with Gasteiger partial charge in [-0.2, -0.15) is 5.10 Å². The molecule has 180 valence electrons. The molecule has 0 spiro atoms. The molecule has 0 fully saturated rings. The van der Waals surface area contributed by atoms with Crippen LogP contribution in [0.25, 0.3) is 0 Å². The summed E-state index contributed by atoms with van der Waals surface area (Å²) in [5.41, 5.74) is 6.28. The highest BCUT2D eigenvalue weighted by atomic mass is 32.1. The summed E-state index contributed by atoms with van der Waals surface area (Å²) in [5.74, 6) is 2.34. The molecule has 0 radical (unpaired) electrons. The Balaban J connectivity index is 0.000000242. The molecule has 0 atom stereocenters. The van der Waals surface area contributed by atoms with Gasteiger partial charge >= 0.3 is 0 Å². The molecule has 3 aromatic heterocycles. The molecule has 32 heavy (non-hydrogen) atoms. The SMILES string of the molecule is Cc1csc(C(C)C)n1.Cc1nc(C(C)C)c(C(C)C)s1.Cc1nn(C)c(C(C)C)c1C. The maximum absolute atomic E-state index is 4.55. The van der Waals surface area contributed by atoms with Crippen LogP contribution in [0.15, 0.2) is 5.38 Å². The molecule has 3 heterocycles. The Morgan fingerprint density at radius 2 is 1.38 bits per heavy atom. The zero-order valence-electron chi connectivity index (χ0n) is 22.5. The first-order valence-corrected chi connectivity index (χ1v) is 13.3. The van der Waals surface area contributed by atoms with Gasteiger partial charge in [0.05, 0.1) is 21.4 Å². The molecule has 4 nitrogen and oxygen atoms in total. The van der Waals surface area contributed by atoms with Gasteiger partial charge < -0.3 is 0 Å². The number of hydrogen-bond donors (Lipinski definition) is 0. The third-order valence-corrected chi connectivity index (χ3v) is 7.66. The second kappa shape index (κ2) is 12.6. The van der Waals surface area contributed by atoms with E-state index in [9.17, 15) is 0 Å². The molecule has 0 amide bonds. The number of thiazole rings is 2. The Labute approximate surface area is 204 Å². The van der Waals surface area contributed by atoms with Gasteiger partial charge in [0.2, 0.25) is 0 Å². The number of rotatable bonds is 4. The smallest absolute Gasteiger partial charge is 0.0953 e. The molecule has 6 heteroatoms. The van der Waals surface area contributed by atoms with Crippen LogP contribution in [-0.2, 0) is 7.05 Å². The molecule has 0 aliphatic rings. The van der Waals surface area contributed by atoms with E-state index in [1.165, 1.54) is 31.8 Å². The van der Waals surface area contributed by atoms with Crippen molar-refractivity contribution in [2.75, 3.05) is 0 Å². The van der Waals surface area contributed by atoms with Crippen LogP contribution in [0.2, 0.25) is 0 Å². The van der Waals surface area contributed by atoms with Gasteiger partial charge in [0.25, 0.3) is 0 Å². The standard InChI is InChI=1S/C10H17NS.C9H16N2.C7H11NS/c1-6(2)9-10(7(3)4)12-8(5)11-9;1-6(2)9-7(3)8(4)10-11(9)5;1-5(2)7-8-6(3)4-9-7/h6-7H,1-5H3;6H,1-5H3;4-5H,1-3H3. The predicted octanol–water partition coefficient (Wildman–Crippen LogP) is 8.43. The first-order chi connectivity index (χ1) is 14.8. The summed E-state index contributed by atoms with van der Waals surface area (Å²) in [6.45, 7) is 25.9. The lowest BCUT2D eigenvalue weighted by atomic mass is 10.0. The molecule has 0 saturated heterocycles. The van der Waals surface area contributed by atoms with E-state index in [-0.39, 0.29) is 0 Å². The third-order valence-electron chi connectivity index (χ3n) is 5.11. The lowest BCUT2D eigenvalue weighted by Crippen LogP contribution is -2.00. The second-order valence-corrected chi connectivity index (χ2v) is 11.8. The van der Waals surface area contributed by atoms with Gasteiger partial charge in [0.1, 0.15) is 0 Å². The molecule has 0 saturated carbocycles. The number of aromatic nitrogens is 4. The van der Waals surface area contributed by atoms with Gasteiger partial charge in [0, 0.05) is 34.6 Å². The van der Waals surface area contributed by atoms with Crippen LogP contribution in [0.1, 0.15) is 122 Å². The monoisotopic (exact) mass is 476 g/mol. The molecule has 0 aliphatic heterocycles. The molecule has 3 aromatic rings. The van der Waals surface area contributed by atoms with Gasteiger partial charge in [-0.25, -0.2) is 9.97 Å². The average molecular weight is 477 g/mol. The maximum Gasteiger partial charge on any atom is 0.0953 e. The van der Waals surface area contributed by atoms with E-state index >= 15 is 0 Å². The maximum atomic E-state index is 4.55. The van der Waals surface area contributed by atoms with Crippen LogP contribution in [-0.4, -0.2) is 19.7 Å². The summed E-state index contributed by atoms with van der Waals surface area (Å²) in [6, 6.07) is 0. The fourth-order valence-corrected chi connectivity index (χ4v) is 5.41. The summed E-state index contributed by atoms with van der Waals surface area (Å²) < 4.78 is 1.98. The van der Waals surface area contributed by atoms with Gasteiger partial charge in [-0.15, -0.1) is 22.7 Å². The van der Waals surface area contributed by atoms with Crippen molar-refractivity contribution >= 4 is 22.7 Å². The van der Waals surface area contributed by atoms with Crippen molar-refractivity contribution in [3.63, 3.8) is 0 Å². The van der Waals surface area contributed by atoms with Crippen molar-refractivity contribution in [2.24, 2.45) is 7.05 Å². The van der Waals surface area contributed by atoms with Gasteiger partial charge in [-0.3, -0.25) is 4.68 Å². The largest absolute Gasteiger partial charge is 0.272 e. The van der Waals surface area contributed by atoms with Crippen LogP contribution in [0, 0.1) is 27.7 Å². The predicted molar refractivity (Wildman–Crippen MR) is 143 cm³/mol. The topological polar surface area (TPSA) is 43.6 Å². The molecule has 0 unspecified atom stereocenters. The molecule has 0 N–H and O–H groups in total. The van der Waals surface area contributed by atoms with E-state index in [4.69, 9.17) is 0 Å². The highest BCUT2D eigenvalue weighted by molar-refractivity contribution is 7.11. The van der Waals surface area contributed by atoms with Crippen molar-refractivity contribution in [2.45, 2.75) is 107 Å². The Hall–Kier alpha value is -1.53. The van der Waals surface area contributed by atoms with Crippen LogP contribution in [0.5, 0.6) is 0 Å². The van der Waals surface area contributed by atoms with Crippen molar-refractivity contribution in [3.8, 4) is 0 Å². The van der Waals surface area contributed by atoms with E-state index < -0.39 is 0 Å². The van der Waals surface area contributed by atoms with Crippen molar-refractivity contribution < 1.29 is 0 Å². The summed E-state index contributed by atoms with van der Waals surface area (Å²) in [4.78, 5) is 10.3. The zero-order chi connectivity index (χ0) is 24.7. The molecule has 3 rings (SSSR count). The summed E-state index contributed by atoms with van der Waals surface area (Å²) >= 11 is 3.59. The molecular formula is C26H44N4S2. The van der Waals surface area contributed by atoms with E-state index in [0.29, 0.717) is 23.7 Å². The second-order valence-electron chi connectivity index (χ2n) is 9.65. The molecule has 0 aromatic carbocycles. The van der Waals surface area contributed by atoms with Crippen LogP contribution in [0.4, 0.5) is 0 Å². The Bertz CT molecular complexity index is 933. The van der Waals surface area contributed by atoms with Crippen LogP contribution >= 0.6 is 22.7 Å². The Morgan fingerprint density at radius 3 is 1.62 bits per heavy atom. The van der Waals surface area contributed by atoms with Gasteiger partial charge in [0.15, 0.2) is 0 Å². The first kappa shape index (κ1) is 28.5. The lowest BCUT2D eigenvalue weighted by molar-refractivity contribution is 0.663. The third kappa shape index (κ3) is 8.11. The average Bonchev–Trinajstić information content (AvgIpc) is 3.34. The van der Waals surface area contributed by atoms with E-state index in [2.05, 4.69) is 96.6 Å². The number of nitrogens with zero attached hydrogens (tertiary/aromatic N) is 4. The van der Waals surface area contributed by atoms with E-state index in [1.54, 1.807) is 11.3 Å². The van der Waals surface area contributed by atoms with Crippen LogP contribution < -0.4 is 0 Å². The quantitative estimate of drug-likeness (QED) is 0.379. The Kier molecular flexibility index (Phi) is 11.3. The Morgan fingerprint density at radius 1 is 0.781 bits per heavy atom. The molecule has 0 bridgehead atoms. The summed E-state index contributed by atoms with van der Waals surface area (Å²) in [7, 11) is 2.01. The highest BCUT2D eigenvalue weighted by Gasteiger charge is 2.14. The lowest BCUT2D eigenvalue weighted by Gasteiger charge is -2.07. The van der Waals surface area contributed by atoms with Crippen molar-refractivity contribution in [1.82, 2.24) is 19.7 Å². The minimum atomic E-state index is 0.562. The first-order valence-electron chi connectivity index (χ1n) is 11.6. The fraction of sp³-hybridized carbons (Fsp3) is 0.654. The van der Waals surface area contributed by atoms with Crippen molar-refractivity contribution in [1.29, 1.82) is 0 Å². The van der Waals surface area contributed by atoms with E-state index in [0.717, 1.165) is 11.4 Å². The minimum Gasteiger partial charge on any atom is -0.272 e. The number of hydrogen-bond acceptors (Lipinski definition) is 5. The minimum absolute atomic E-state index is 0.562. The van der Waals surface area contributed by atoms with Gasteiger partial charge in [-0.05, 0) is 51.0 Å². The van der Waals surface area contributed by atoms with Crippen molar-refractivity contribution in [3.05, 3.63) is 48.6 Å². The van der Waals surface area contributed by atoms with Gasteiger partial charge in [-0.1, -0.05) is 55.4 Å². The normalized spacial score (nSPS) is 11.2.